The van der Waals surface area contributed by atoms with Gasteiger partial charge in [-0.15, -0.1) is 0 Å². The van der Waals surface area contributed by atoms with E-state index >= 15 is 0 Å². The van der Waals surface area contributed by atoms with Crippen LogP contribution in [-0.4, -0.2) is 48.2 Å². The number of hydrogen-bond donors (Lipinski definition) is 0. The molecular formula is C18H18BrN5O. The van der Waals surface area contributed by atoms with Gasteiger partial charge in [0.2, 0.25) is 11.8 Å². The van der Waals surface area contributed by atoms with Crippen LogP contribution >= 0.6 is 15.9 Å². The van der Waals surface area contributed by atoms with Gasteiger partial charge < -0.3 is 14.5 Å². The van der Waals surface area contributed by atoms with Crippen LogP contribution in [0.3, 0.4) is 0 Å². The normalized spacial score (nSPS) is 14.8. The first-order valence-corrected chi connectivity index (χ1v) is 8.96. The third-order valence-electron chi connectivity index (χ3n) is 4.43. The summed E-state index contributed by atoms with van der Waals surface area (Å²) in [7, 11) is 1.62. The van der Waals surface area contributed by atoms with Crippen molar-refractivity contribution in [1.82, 2.24) is 15.0 Å². The van der Waals surface area contributed by atoms with E-state index in [9.17, 15) is 0 Å². The largest absolute Gasteiger partial charge is 0.481 e. The summed E-state index contributed by atoms with van der Waals surface area (Å²) < 4.78 is 6.22. The molecule has 6 nitrogen and oxygen atoms in total. The van der Waals surface area contributed by atoms with Crippen molar-refractivity contribution in [3.05, 3.63) is 47.2 Å². The van der Waals surface area contributed by atoms with Gasteiger partial charge in [-0.1, -0.05) is 12.1 Å². The van der Waals surface area contributed by atoms with Crippen LogP contribution in [0.5, 0.6) is 5.88 Å². The number of hydrogen-bond acceptors (Lipinski definition) is 6. The zero-order valence-corrected chi connectivity index (χ0v) is 15.5. The van der Waals surface area contributed by atoms with E-state index in [2.05, 4.69) is 58.9 Å². The summed E-state index contributed by atoms with van der Waals surface area (Å²) in [6, 6.07) is 10.1. The number of pyridine rings is 1. The first-order chi connectivity index (χ1) is 12.3. The number of rotatable bonds is 3. The Morgan fingerprint density at radius 3 is 2.52 bits per heavy atom. The summed E-state index contributed by atoms with van der Waals surface area (Å²) >= 11 is 3.59. The number of aromatic nitrogens is 3. The Labute approximate surface area is 154 Å². The number of ether oxygens (including phenoxy) is 1. The smallest absolute Gasteiger partial charge is 0.228 e. The average molecular weight is 400 g/mol. The van der Waals surface area contributed by atoms with Gasteiger partial charge in [-0.25, -0.2) is 4.98 Å². The van der Waals surface area contributed by atoms with Crippen LogP contribution in [0.25, 0.3) is 10.9 Å². The van der Waals surface area contributed by atoms with Crippen molar-refractivity contribution in [2.45, 2.75) is 0 Å². The molecule has 0 unspecified atom stereocenters. The lowest BCUT2D eigenvalue weighted by molar-refractivity contribution is 0.396. The van der Waals surface area contributed by atoms with E-state index in [1.165, 1.54) is 11.1 Å². The fraction of sp³-hybridized carbons (Fsp3) is 0.278. The van der Waals surface area contributed by atoms with Gasteiger partial charge in [0.15, 0.2) is 0 Å². The van der Waals surface area contributed by atoms with Crippen molar-refractivity contribution in [1.29, 1.82) is 0 Å². The monoisotopic (exact) mass is 399 g/mol. The number of nitrogens with zero attached hydrogens (tertiary/aromatic N) is 5. The Hall–Kier alpha value is -2.41. The molecule has 2 aromatic heterocycles. The van der Waals surface area contributed by atoms with Crippen molar-refractivity contribution in [2.24, 2.45) is 0 Å². The Bertz CT molecular complexity index is 896. The van der Waals surface area contributed by atoms with E-state index in [1.807, 2.05) is 12.3 Å². The highest BCUT2D eigenvalue weighted by Crippen LogP contribution is 2.30. The lowest BCUT2D eigenvalue weighted by atomic mass is 10.1. The zero-order valence-electron chi connectivity index (χ0n) is 13.9. The summed E-state index contributed by atoms with van der Waals surface area (Å²) in [5.74, 6) is 1.32. The minimum atomic E-state index is 0.595. The summed E-state index contributed by atoms with van der Waals surface area (Å²) in [5, 5.41) is 1.17. The molecule has 3 aromatic rings. The highest BCUT2D eigenvalue weighted by atomic mass is 79.9. The standard InChI is InChI=1S/C18H18BrN5O/c1-25-16-6-8-21-18(22-16)24-11-9-23(10-12-24)15-5-7-20-17-13(15)3-2-4-14(17)19/h2-8H,9-12H2,1H3. The molecule has 0 aliphatic carbocycles. The number of benzene rings is 1. The van der Waals surface area contributed by atoms with Crippen LogP contribution in [0.1, 0.15) is 0 Å². The van der Waals surface area contributed by atoms with Gasteiger partial charge >= 0.3 is 0 Å². The van der Waals surface area contributed by atoms with Gasteiger partial charge in [0.1, 0.15) is 0 Å². The molecule has 1 aliphatic rings. The van der Waals surface area contributed by atoms with Crippen LogP contribution in [0.4, 0.5) is 11.6 Å². The minimum absolute atomic E-state index is 0.595. The number of anilines is 2. The van der Waals surface area contributed by atoms with Crippen molar-refractivity contribution >= 4 is 38.5 Å². The third-order valence-corrected chi connectivity index (χ3v) is 5.07. The van der Waals surface area contributed by atoms with Gasteiger partial charge in [0.05, 0.1) is 12.6 Å². The second-order valence-corrected chi connectivity index (χ2v) is 6.69. The lowest BCUT2D eigenvalue weighted by Crippen LogP contribution is -2.47. The maximum atomic E-state index is 5.20. The predicted octanol–water partition coefficient (Wildman–Crippen LogP) is 3.12. The van der Waals surface area contributed by atoms with E-state index in [1.54, 1.807) is 19.4 Å². The lowest BCUT2D eigenvalue weighted by Gasteiger charge is -2.36. The van der Waals surface area contributed by atoms with Crippen LogP contribution in [-0.2, 0) is 0 Å². The number of methoxy groups -OCH3 is 1. The molecular weight excluding hydrogens is 382 g/mol. The van der Waals surface area contributed by atoms with Crippen molar-refractivity contribution in [3.63, 3.8) is 0 Å². The third kappa shape index (κ3) is 3.11. The van der Waals surface area contributed by atoms with Crippen molar-refractivity contribution < 1.29 is 4.74 Å². The fourth-order valence-corrected chi connectivity index (χ4v) is 3.62. The Morgan fingerprint density at radius 2 is 1.72 bits per heavy atom. The molecule has 0 saturated carbocycles. The molecule has 1 saturated heterocycles. The molecule has 0 atom stereocenters. The second kappa shape index (κ2) is 6.84. The molecule has 1 aromatic carbocycles. The molecule has 4 rings (SSSR count). The fourth-order valence-electron chi connectivity index (χ4n) is 3.15. The molecule has 0 spiro atoms. The average Bonchev–Trinajstić information content (AvgIpc) is 2.68. The summed E-state index contributed by atoms with van der Waals surface area (Å²) in [4.78, 5) is 17.9. The molecule has 7 heteroatoms. The first-order valence-electron chi connectivity index (χ1n) is 8.16. The van der Waals surface area contributed by atoms with Crippen molar-refractivity contribution in [2.75, 3.05) is 43.1 Å². The summed E-state index contributed by atoms with van der Waals surface area (Å²) in [6.45, 7) is 3.55. The van der Waals surface area contributed by atoms with E-state index in [-0.39, 0.29) is 0 Å². The quantitative estimate of drug-likeness (QED) is 0.674. The Morgan fingerprint density at radius 1 is 0.960 bits per heavy atom. The van der Waals surface area contributed by atoms with E-state index in [0.717, 1.165) is 42.1 Å². The number of para-hydroxylation sites is 1. The molecule has 0 amide bonds. The molecule has 25 heavy (non-hydrogen) atoms. The van der Waals surface area contributed by atoms with Crippen molar-refractivity contribution in [3.8, 4) is 5.88 Å². The van der Waals surface area contributed by atoms with E-state index in [0.29, 0.717) is 5.88 Å². The second-order valence-electron chi connectivity index (χ2n) is 5.84. The predicted molar refractivity (Wildman–Crippen MR) is 102 cm³/mol. The SMILES string of the molecule is COc1ccnc(N2CCN(c3ccnc4c(Br)cccc34)CC2)n1. The maximum absolute atomic E-state index is 5.20. The maximum Gasteiger partial charge on any atom is 0.228 e. The molecule has 0 N–H and O–H groups in total. The first kappa shape index (κ1) is 16.1. The molecule has 1 aliphatic heterocycles. The van der Waals surface area contributed by atoms with Crippen LogP contribution < -0.4 is 14.5 Å². The molecule has 3 heterocycles. The minimum Gasteiger partial charge on any atom is -0.481 e. The van der Waals surface area contributed by atoms with Crippen LogP contribution in [0, 0.1) is 0 Å². The molecule has 1 fully saturated rings. The Balaban J connectivity index is 1.55. The van der Waals surface area contributed by atoms with Gasteiger partial charge in [-0.05, 0) is 28.1 Å². The van der Waals surface area contributed by atoms with E-state index in [4.69, 9.17) is 4.74 Å². The molecule has 128 valence electrons. The van der Waals surface area contributed by atoms with Gasteiger partial charge in [0.25, 0.3) is 0 Å². The number of halogens is 1. The highest BCUT2D eigenvalue weighted by molar-refractivity contribution is 9.10. The van der Waals surface area contributed by atoms with E-state index < -0.39 is 0 Å². The van der Waals surface area contributed by atoms with Crippen LogP contribution in [0.15, 0.2) is 47.2 Å². The summed E-state index contributed by atoms with van der Waals surface area (Å²) in [6.07, 6.45) is 3.61. The molecule has 0 radical (unpaired) electrons. The zero-order chi connectivity index (χ0) is 17.2. The Kier molecular flexibility index (Phi) is 4.40. The van der Waals surface area contributed by atoms with Gasteiger partial charge in [-0.2, -0.15) is 4.98 Å². The summed E-state index contributed by atoms with van der Waals surface area (Å²) in [5.41, 5.74) is 2.22. The van der Waals surface area contributed by atoms with Crippen LogP contribution in [0.2, 0.25) is 0 Å². The number of fused-ring (bicyclic) bond motifs is 1. The topological polar surface area (TPSA) is 54.4 Å². The van der Waals surface area contributed by atoms with Gasteiger partial charge in [0, 0.05) is 60.2 Å². The number of piperazine rings is 1. The highest BCUT2D eigenvalue weighted by Gasteiger charge is 2.21. The molecule has 0 bridgehead atoms. The van der Waals surface area contributed by atoms with Gasteiger partial charge in [-0.3, -0.25) is 4.98 Å².